The van der Waals surface area contributed by atoms with Crippen molar-refractivity contribution in [2.24, 2.45) is 5.18 Å². The molecule has 0 radical (unpaired) electrons. The molecule has 0 bridgehead atoms. The molecule has 1 aromatic carbocycles. The van der Waals surface area contributed by atoms with E-state index in [4.69, 9.17) is 11.6 Å². The van der Waals surface area contributed by atoms with Crippen LogP contribution in [0, 0.1) is 4.91 Å². The number of aliphatic hydroxyl groups is 1. The van der Waals surface area contributed by atoms with Crippen molar-refractivity contribution in [3.63, 3.8) is 0 Å². The van der Waals surface area contributed by atoms with Gasteiger partial charge in [-0.3, -0.25) is 4.79 Å². The maximum absolute atomic E-state index is 12.8. The quantitative estimate of drug-likeness (QED) is 0.339. The Morgan fingerprint density at radius 1 is 1.44 bits per heavy atom. The van der Waals surface area contributed by atoms with Crippen molar-refractivity contribution < 1.29 is 15.0 Å². The Balaban J connectivity index is 2.20. The fraction of sp³-hybridized carbons (Fsp3) is 0.389. The van der Waals surface area contributed by atoms with Crippen molar-refractivity contribution in [2.45, 2.75) is 31.6 Å². The number of nitrogens with zero attached hydrogens (tertiary/aromatic N) is 2. The van der Waals surface area contributed by atoms with Gasteiger partial charge >= 0.3 is 0 Å². The predicted molar refractivity (Wildman–Crippen MR) is 97.7 cm³/mol. The summed E-state index contributed by atoms with van der Waals surface area (Å²) in [6.45, 7) is 7.90. The molecule has 1 unspecified atom stereocenters. The minimum absolute atomic E-state index is 0.00732. The number of carbonyl (C=O) groups is 1. The molecule has 0 saturated carbocycles. The topological polar surface area (TPSA) is 90.2 Å². The van der Waals surface area contributed by atoms with Crippen LogP contribution in [0.4, 0.5) is 5.69 Å². The largest absolute Gasteiger partial charge is 0.511 e. The molecule has 1 aliphatic rings. The van der Waals surface area contributed by atoms with E-state index < -0.39 is 5.38 Å². The van der Waals surface area contributed by atoms with Crippen molar-refractivity contribution in [3.05, 3.63) is 52.2 Å². The lowest BCUT2D eigenvalue weighted by atomic mass is 9.98. The van der Waals surface area contributed by atoms with Crippen LogP contribution in [0.15, 0.2) is 41.3 Å². The third-order valence-electron chi connectivity index (χ3n) is 4.18. The smallest absolute Gasteiger partial charge is 0.256 e. The van der Waals surface area contributed by atoms with E-state index in [-0.39, 0.29) is 34.6 Å². The van der Waals surface area contributed by atoms with Crippen molar-refractivity contribution in [1.82, 2.24) is 4.90 Å². The normalized spacial score (nSPS) is 15.2. The first-order chi connectivity index (χ1) is 11.7. The van der Waals surface area contributed by atoms with Gasteiger partial charge in [0.05, 0.1) is 10.9 Å². The van der Waals surface area contributed by atoms with Crippen molar-refractivity contribution in [3.8, 4) is 5.75 Å². The molecule has 1 aromatic rings. The molecule has 0 fully saturated rings. The molecule has 0 aromatic heterocycles. The van der Waals surface area contributed by atoms with Gasteiger partial charge in [0, 0.05) is 19.2 Å². The van der Waals surface area contributed by atoms with E-state index >= 15 is 0 Å². The summed E-state index contributed by atoms with van der Waals surface area (Å²) in [4.78, 5) is 25.4. The number of phenols is 1. The number of aromatic hydroxyl groups is 1. The zero-order valence-corrected chi connectivity index (χ0v) is 15.0. The average molecular weight is 365 g/mol. The van der Waals surface area contributed by atoms with Gasteiger partial charge in [-0.25, -0.2) is 0 Å². The highest BCUT2D eigenvalue weighted by Crippen LogP contribution is 2.34. The molecular weight excluding hydrogens is 344 g/mol. The molecule has 1 atom stereocenters. The number of allylic oxidation sites excluding steroid dienone is 1. The molecule has 1 aliphatic heterocycles. The van der Waals surface area contributed by atoms with Gasteiger partial charge in [-0.2, -0.15) is 0 Å². The zero-order chi connectivity index (χ0) is 18.7. The molecule has 0 spiro atoms. The second-order valence-corrected chi connectivity index (χ2v) is 6.91. The van der Waals surface area contributed by atoms with Crippen LogP contribution in [0.5, 0.6) is 5.75 Å². The minimum atomic E-state index is -0.602. The van der Waals surface area contributed by atoms with Gasteiger partial charge < -0.3 is 15.1 Å². The van der Waals surface area contributed by atoms with Crippen LogP contribution in [-0.4, -0.2) is 39.5 Å². The molecule has 6 nitrogen and oxygen atoms in total. The summed E-state index contributed by atoms with van der Waals surface area (Å²) >= 11 is 5.98. The average Bonchev–Trinajstić information content (AvgIpc) is 3.01. The van der Waals surface area contributed by atoms with Crippen molar-refractivity contribution in [2.75, 3.05) is 13.1 Å². The van der Waals surface area contributed by atoms with Crippen LogP contribution in [0.2, 0.25) is 0 Å². The molecule has 1 heterocycles. The molecule has 134 valence electrons. The van der Waals surface area contributed by atoms with E-state index in [1.54, 1.807) is 4.90 Å². The molecule has 2 N–H and O–H groups in total. The lowest BCUT2D eigenvalue weighted by Crippen LogP contribution is -2.29. The summed E-state index contributed by atoms with van der Waals surface area (Å²) in [5, 5.41) is 21.6. The highest BCUT2D eigenvalue weighted by Gasteiger charge is 2.26. The Morgan fingerprint density at radius 3 is 2.68 bits per heavy atom. The third kappa shape index (κ3) is 4.20. The standard InChI is InChI=1S/C18H21ClN2O4/c1-10(2)13-7-14(16(20-25)8-17(13)23)18(24)21-5-4-12(9-21)6-15(19)11(3)22/h4,7-8,10,15,22-23H,3,5-6,9H2,1-2H3. The number of aliphatic hydroxyl groups excluding tert-OH is 1. The number of amides is 1. The highest BCUT2D eigenvalue weighted by atomic mass is 35.5. The van der Waals surface area contributed by atoms with Crippen LogP contribution in [-0.2, 0) is 0 Å². The van der Waals surface area contributed by atoms with Crippen LogP contribution in [0.1, 0.15) is 42.1 Å². The Kier molecular flexibility index (Phi) is 5.85. The zero-order valence-electron chi connectivity index (χ0n) is 14.2. The summed E-state index contributed by atoms with van der Waals surface area (Å²) in [6, 6.07) is 2.75. The fourth-order valence-electron chi connectivity index (χ4n) is 2.74. The van der Waals surface area contributed by atoms with E-state index in [0.717, 1.165) is 5.57 Å². The van der Waals surface area contributed by atoms with Crippen molar-refractivity contribution >= 4 is 23.2 Å². The van der Waals surface area contributed by atoms with Crippen LogP contribution in [0.25, 0.3) is 0 Å². The first-order valence-electron chi connectivity index (χ1n) is 7.93. The number of alkyl halides is 1. The SMILES string of the molecule is C=C(O)C(Cl)CC1=CCN(C(=O)c2cc(C(C)C)c(O)cc2N=O)C1. The van der Waals surface area contributed by atoms with Gasteiger partial charge in [0.1, 0.15) is 17.2 Å². The van der Waals surface area contributed by atoms with Crippen LogP contribution >= 0.6 is 11.6 Å². The number of halogens is 1. The maximum Gasteiger partial charge on any atom is 0.256 e. The Hall–Kier alpha value is -2.34. The van der Waals surface area contributed by atoms with E-state index in [0.29, 0.717) is 25.1 Å². The molecule has 0 aliphatic carbocycles. The minimum Gasteiger partial charge on any atom is -0.511 e. The van der Waals surface area contributed by atoms with Gasteiger partial charge in [-0.15, -0.1) is 16.5 Å². The van der Waals surface area contributed by atoms with E-state index in [2.05, 4.69) is 11.8 Å². The Bertz CT molecular complexity index is 743. The lowest BCUT2D eigenvalue weighted by molar-refractivity contribution is 0.0798. The second kappa shape index (κ2) is 7.70. The fourth-order valence-corrected chi connectivity index (χ4v) is 2.94. The van der Waals surface area contributed by atoms with E-state index in [9.17, 15) is 19.9 Å². The van der Waals surface area contributed by atoms with Gasteiger partial charge in [0.2, 0.25) is 0 Å². The molecular formula is C18H21ClN2O4. The number of phenolic OH excluding ortho intramolecular Hbond substituents is 1. The number of benzene rings is 1. The lowest BCUT2D eigenvalue weighted by Gasteiger charge is -2.19. The summed E-state index contributed by atoms with van der Waals surface area (Å²) in [5.41, 5.74) is 1.58. The monoisotopic (exact) mass is 364 g/mol. The van der Waals surface area contributed by atoms with E-state index in [1.165, 1.54) is 12.1 Å². The number of carbonyl (C=O) groups excluding carboxylic acids is 1. The predicted octanol–water partition coefficient (Wildman–Crippen LogP) is 4.36. The number of hydrogen-bond donors (Lipinski definition) is 2. The highest BCUT2D eigenvalue weighted by molar-refractivity contribution is 6.22. The summed E-state index contributed by atoms with van der Waals surface area (Å²) in [6.07, 6.45) is 2.26. The summed E-state index contributed by atoms with van der Waals surface area (Å²) < 4.78 is 0. The van der Waals surface area contributed by atoms with Crippen molar-refractivity contribution in [1.29, 1.82) is 0 Å². The van der Waals surface area contributed by atoms with Gasteiger partial charge in [0.25, 0.3) is 5.91 Å². The molecule has 7 heteroatoms. The third-order valence-corrected chi connectivity index (χ3v) is 4.59. The van der Waals surface area contributed by atoms with Gasteiger partial charge in [-0.05, 0) is 29.1 Å². The van der Waals surface area contributed by atoms with Gasteiger partial charge in [0.15, 0.2) is 0 Å². The van der Waals surface area contributed by atoms with Gasteiger partial charge in [-0.1, -0.05) is 32.1 Å². The summed E-state index contributed by atoms with van der Waals surface area (Å²) in [5.74, 6) is -0.503. The first kappa shape index (κ1) is 19.0. The van der Waals surface area contributed by atoms with Crippen LogP contribution in [0.3, 0.4) is 0 Å². The number of hydrogen-bond acceptors (Lipinski definition) is 5. The molecule has 1 amide bonds. The second-order valence-electron chi connectivity index (χ2n) is 6.39. The number of nitroso groups, excluding NO2 is 1. The molecule has 25 heavy (non-hydrogen) atoms. The first-order valence-corrected chi connectivity index (χ1v) is 8.37. The Labute approximate surface area is 151 Å². The number of rotatable bonds is 6. The molecule has 0 saturated heterocycles. The van der Waals surface area contributed by atoms with Crippen LogP contribution < -0.4 is 0 Å². The molecule has 2 rings (SSSR count). The Morgan fingerprint density at radius 2 is 2.12 bits per heavy atom. The summed E-state index contributed by atoms with van der Waals surface area (Å²) in [7, 11) is 0. The maximum atomic E-state index is 12.8. The van der Waals surface area contributed by atoms with E-state index in [1.807, 2.05) is 19.9 Å².